The molecule has 3 heterocycles. The van der Waals surface area contributed by atoms with Gasteiger partial charge in [0.15, 0.2) is 0 Å². The molecule has 0 fully saturated rings. The van der Waals surface area contributed by atoms with E-state index in [-0.39, 0.29) is 21.8 Å². The van der Waals surface area contributed by atoms with Gasteiger partial charge in [-0.2, -0.15) is 0 Å². The Hall–Kier alpha value is -2.19. The van der Waals surface area contributed by atoms with Crippen LogP contribution in [0.4, 0.5) is 5.95 Å². The van der Waals surface area contributed by atoms with Gasteiger partial charge < -0.3 is 10.7 Å². The average Bonchev–Trinajstić information content (AvgIpc) is 2.65. The van der Waals surface area contributed by atoms with Gasteiger partial charge in [-0.1, -0.05) is 34.8 Å². The van der Waals surface area contributed by atoms with E-state index in [1.807, 2.05) is 17.0 Å². The number of nitrogens with zero attached hydrogens (tertiary/aromatic N) is 4. The zero-order chi connectivity index (χ0) is 19.8. The van der Waals surface area contributed by atoms with Crippen LogP contribution >= 0.6 is 34.8 Å². The molecule has 28 heavy (non-hydrogen) atoms. The van der Waals surface area contributed by atoms with E-state index in [0.717, 1.165) is 11.3 Å². The number of anilines is 1. The van der Waals surface area contributed by atoms with Crippen LogP contribution in [0.25, 0.3) is 11.4 Å². The first-order valence-corrected chi connectivity index (χ1v) is 9.62. The lowest BCUT2D eigenvalue weighted by molar-refractivity contribution is 0.241. The van der Waals surface area contributed by atoms with E-state index in [4.69, 9.17) is 40.5 Å². The maximum absolute atomic E-state index is 12.7. The van der Waals surface area contributed by atoms with E-state index in [2.05, 4.69) is 19.9 Å². The molecule has 0 spiro atoms. The fraction of sp³-hybridized carbons (Fsp3) is 0.222. The molecule has 0 saturated heterocycles. The molecular formula is C18H15Cl3N6O. The summed E-state index contributed by atoms with van der Waals surface area (Å²) in [5, 5.41) is 1.06. The molecule has 144 valence electrons. The predicted molar refractivity (Wildman–Crippen MR) is 110 cm³/mol. The van der Waals surface area contributed by atoms with Crippen molar-refractivity contribution in [1.82, 2.24) is 24.8 Å². The van der Waals surface area contributed by atoms with Gasteiger partial charge in [0.1, 0.15) is 16.1 Å². The second kappa shape index (κ2) is 7.67. The van der Waals surface area contributed by atoms with Gasteiger partial charge in [0.25, 0.3) is 5.56 Å². The van der Waals surface area contributed by atoms with Crippen LogP contribution in [0.3, 0.4) is 0 Å². The molecule has 3 aromatic rings. The summed E-state index contributed by atoms with van der Waals surface area (Å²) in [6.45, 7) is 1.53. The Kier molecular flexibility index (Phi) is 5.25. The number of nitrogens with two attached hydrogens (primary N) is 1. The average molecular weight is 438 g/mol. The fourth-order valence-corrected chi connectivity index (χ4v) is 3.81. The smallest absolute Gasteiger partial charge is 0.255 e. The Morgan fingerprint density at radius 2 is 1.75 bits per heavy atom. The first-order chi connectivity index (χ1) is 13.4. The predicted octanol–water partition coefficient (Wildman–Crippen LogP) is 3.33. The first kappa shape index (κ1) is 19.1. The molecule has 0 saturated carbocycles. The first-order valence-electron chi connectivity index (χ1n) is 8.48. The lowest BCUT2D eigenvalue weighted by Crippen LogP contribution is -2.35. The summed E-state index contributed by atoms with van der Waals surface area (Å²) >= 11 is 18.2. The van der Waals surface area contributed by atoms with Crippen molar-refractivity contribution in [2.24, 2.45) is 0 Å². The molecule has 0 bridgehead atoms. The molecule has 1 aliphatic rings. The molecule has 1 aromatic carbocycles. The third-order valence-electron chi connectivity index (χ3n) is 4.57. The van der Waals surface area contributed by atoms with Crippen LogP contribution in [0.5, 0.6) is 0 Å². The van der Waals surface area contributed by atoms with Crippen LogP contribution in [0.2, 0.25) is 15.3 Å². The molecule has 0 atom stereocenters. The van der Waals surface area contributed by atoms with Gasteiger partial charge in [-0.3, -0.25) is 9.69 Å². The maximum atomic E-state index is 12.7. The topological polar surface area (TPSA) is 101 Å². The van der Waals surface area contributed by atoms with E-state index < -0.39 is 0 Å². The van der Waals surface area contributed by atoms with Crippen molar-refractivity contribution < 1.29 is 0 Å². The van der Waals surface area contributed by atoms with E-state index in [1.165, 1.54) is 0 Å². The van der Waals surface area contributed by atoms with Crippen LogP contribution in [0.15, 0.2) is 29.1 Å². The summed E-state index contributed by atoms with van der Waals surface area (Å²) in [6.07, 6.45) is 0.630. The monoisotopic (exact) mass is 436 g/mol. The summed E-state index contributed by atoms with van der Waals surface area (Å²) < 4.78 is 0. The van der Waals surface area contributed by atoms with Crippen LogP contribution in [0.1, 0.15) is 16.8 Å². The number of nitrogen functional groups attached to an aromatic ring is 1. The lowest BCUT2D eigenvalue weighted by Gasteiger charge is -2.28. The highest BCUT2D eigenvalue weighted by Gasteiger charge is 2.23. The number of aromatic amines is 1. The van der Waals surface area contributed by atoms with Crippen molar-refractivity contribution in [2.45, 2.75) is 19.5 Å². The van der Waals surface area contributed by atoms with Crippen LogP contribution in [-0.2, 0) is 19.5 Å². The molecule has 0 amide bonds. The van der Waals surface area contributed by atoms with E-state index in [0.29, 0.717) is 48.0 Å². The van der Waals surface area contributed by atoms with Gasteiger partial charge in [-0.15, -0.1) is 0 Å². The highest BCUT2D eigenvalue weighted by atomic mass is 35.5. The Bertz CT molecular complexity index is 1080. The second-order valence-electron chi connectivity index (χ2n) is 6.45. The lowest BCUT2D eigenvalue weighted by atomic mass is 10.1. The minimum absolute atomic E-state index is 0.0260. The Balaban J connectivity index is 1.60. The van der Waals surface area contributed by atoms with Crippen molar-refractivity contribution >= 4 is 40.8 Å². The largest absolute Gasteiger partial charge is 0.368 e. The van der Waals surface area contributed by atoms with Gasteiger partial charge in [0.05, 0.1) is 11.3 Å². The summed E-state index contributed by atoms with van der Waals surface area (Å²) in [5.41, 5.74) is 8.20. The van der Waals surface area contributed by atoms with E-state index >= 15 is 0 Å². The SMILES string of the molecule is Nc1nc(Cl)c(CN2CCc3nc(-c4ccc(Cl)cc4)[nH]c(=O)c3C2)c(Cl)n1. The number of hydrogen-bond acceptors (Lipinski definition) is 6. The normalized spacial score (nSPS) is 14.1. The molecule has 0 unspecified atom stereocenters. The number of H-pyrrole nitrogens is 1. The van der Waals surface area contributed by atoms with Crippen molar-refractivity contribution in [3.63, 3.8) is 0 Å². The summed E-state index contributed by atoms with van der Waals surface area (Å²) in [7, 11) is 0. The number of hydrogen-bond donors (Lipinski definition) is 2. The van der Waals surface area contributed by atoms with E-state index in [9.17, 15) is 4.79 Å². The molecule has 0 aliphatic carbocycles. The van der Waals surface area contributed by atoms with Gasteiger partial charge in [-0.25, -0.2) is 15.0 Å². The number of fused-ring (bicyclic) bond motifs is 1. The standard InChI is InChI=1S/C18H15Cl3N6O/c19-10-3-1-9(2-4-10)16-23-13-5-6-27(7-11(13)17(28)26-16)8-12-14(20)24-18(22)25-15(12)21/h1-4H,5-8H2,(H2,22,24,25)(H,23,26,28). The molecule has 1 aliphatic heterocycles. The van der Waals surface area contributed by atoms with Crippen LogP contribution < -0.4 is 11.3 Å². The van der Waals surface area contributed by atoms with Crippen molar-refractivity contribution in [1.29, 1.82) is 0 Å². The number of halogens is 3. The number of rotatable bonds is 3. The third-order valence-corrected chi connectivity index (χ3v) is 5.45. The molecule has 3 N–H and O–H groups in total. The van der Waals surface area contributed by atoms with Crippen molar-refractivity contribution in [3.8, 4) is 11.4 Å². The maximum Gasteiger partial charge on any atom is 0.255 e. The molecule has 7 nitrogen and oxygen atoms in total. The van der Waals surface area contributed by atoms with Crippen LogP contribution in [0, 0.1) is 0 Å². The third kappa shape index (κ3) is 3.84. The van der Waals surface area contributed by atoms with E-state index in [1.54, 1.807) is 12.1 Å². The highest BCUT2D eigenvalue weighted by molar-refractivity contribution is 6.34. The summed E-state index contributed by atoms with van der Waals surface area (Å²) in [4.78, 5) is 30.1. The second-order valence-corrected chi connectivity index (χ2v) is 7.60. The minimum Gasteiger partial charge on any atom is -0.368 e. The van der Waals surface area contributed by atoms with Crippen molar-refractivity contribution in [3.05, 3.63) is 66.8 Å². The minimum atomic E-state index is -0.162. The molecule has 2 aromatic heterocycles. The van der Waals surface area contributed by atoms with Crippen LogP contribution in [-0.4, -0.2) is 31.4 Å². The zero-order valence-corrected chi connectivity index (χ0v) is 16.8. The molecular weight excluding hydrogens is 423 g/mol. The number of nitrogens with one attached hydrogen (secondary N) is 1. The summed E-state index contributed by atoms with van der Waals surface area (Å²) in [5.74, 6) is 0.560. The quantitative estimate of drug-likeness (QED) is 0.610. The van der Waals surface area contributed by atoms with Crippen molar-refractivity contribution in [2.75, 3.05) is 12.3 Å². The molecule has 4 rings (SSSR count). The van der Waals surface area contributed by atoms with Gasteiger partial charge >= 0.3 is 0 Å². The zero-order valence-electron chi connectivity index (χ0n) is 14.5. The Morgan fingerprint density at radius 1 is 1.07 bits per heavy atom. The Labute approximate surface area is 175 Å². The Morgan fingerprint density at radius 3 is 2.43 bits per heavy atom. The molecule has 10 heteroatoms. The summed E-state index contributed by atoms with van der Waals surface area (Å²) in [6, 6.07) is 7.18. The highest BCUT2D eigenvalue weighted by Crippen LogP contribution is 2.26. The number of benzene rings is 1. The molecule has 0 radical (unpaired) electrons. The van der Waals surface area contributed by atoms with Gasteiger partial charge in [0, 0.05) is 42.2 Å². The number of aromatic nitrogens is 4. The van der Waals surface area contributed by atoms with Gasteiger partial charge in [0.2, 0.25) is 5.95 Å². The fourth-order valence-electron chi connectivity index (χ4n) is 3.16. The van der Waals surface area contributed by atoms with Gasteiger partial charge in [-0.05, 0) is 24.3 Å².